The lowest BCUT2D eigenvalue weighted by Crippen LogP contribution is -2.35. The van der Waals surface area contributed by atoms with Crippen molar-refractivity contribution in [3.05, 3.63) is 34.3 Å². The topological polar surface area (TPSA) is 70.6 Å². The van der Waals surface area contributed by atoms with Gasteiger partial charge in [-0.05, 0) is 25.0 Å². The first-order valence-electron chi connectivity index (χ1n) is 6.05. The Morgan fingerprint density at radius 2 is 2.17 bits per heavy atom. The number of halogens is 1. The van der Waals surface area contributed by atoms with Crippen LogP contribution in [-0.4, -0.2) is 17.1 Å². The van der Waals surface area contributed by atoms with Gasteiger partial charge in [0.15, 0.2) is 0 Å². The molecule has 0 spiro atoms. The van der Waals surface area contributed by atoms with Crippen LogP contribution in [0.4, 0.5) is 0 Å². The van der Waals surface area contributed by atoms with Gasteiger partial charge in [0.25, 0.3) is 0 Å². The molecule has 1 unspecified atom stereocenters. The Bertz CT molecular complexity index is 409. The highest BCUT2D eigenvalue weighted by Crippen LogP contribution is 2.23. The molecule has 2 atom stereocenters. The van der Waals surface area contributed by atoms with Crippen molar-refractivity contribution in [2.75, 3.05) is 0 Å². The third kappa shape index (κ3) is 4.31. The van der Waals surface area contributed by atoms with Gasteiger partial charge < -0.3 is 16.3 Å². The van der Waals surface area contributed by atoms with Crippen molar-refractivity contribution in [3.63, 3.8) is 0 Å². The molecule has 5 heteroatoms. The van der Waals surface area contributed by atoms with Crippen molar-refractivity contribution in [2.45, 2.75) is 38.8 Å². The summed E-state index contributed by atoms with van der Waals surface area (Å²) in [7, 11) is 0. The predicted molar refractivity (Wildman–Crippen MR) is 77.8 cm³/mol. The molecule has 0 bridgehead atoms. The van der Waals surface area contributed by atoms with Crippen molar-refractivity contribution in [1.29, 1.82) is 0 Å². The molecule has 0 aromatic heterocycles. The first-order chi connectivity index (χ1) is 8.58. The average molecular weight is 314 g/mol. The van der Waals surface area contributed by atoms with Crippen molar-refractivity contribution in [3.8, 4) is 0 Å². The Labute approximate surface area is 116 Å². The molecule has 0 fully saturated rings. The van der Waals surface area contributed by atoms with Crippen molar-refractivity contribution >= 4 is 21.8 Å². The van der Waals surface area contributed by atoms with E-state index < -0.39 is 0 Å². The predicted octanol–water partition coefficient (Wildman–Crippen LogP) is 3.01. The van der Waals surface area contributed by atoms with Gasteiger partial charge in [-0.15, -0.1) is 0 Å². The smallest absolute Gasteiger partial charge is 0.140 e. The maximum atomic E-state index is 8.60. The molecule has 0 aliphatic rings. The number of benzene rings is 1. The Kier molecular flexibility index (Phi) is 6.15. The summed E-state index contributed by atoms with van der Waals surface area (Å²) in [5.74, 6) is 0.258. The van der Waals surface area contributed by atoms with E-state index in [2.05, 4.69) is 46.3 Å². The summed E-state index contributed by atoms with van der Waals surface area (Å²) in [6, 6.07) is 8.52. The number of rotatable bonds is 6. The van der Waals surface area contributed by atoms with Crippen molar-refractivity contribution < 1.29 is 5.21 Å². The fraction of sp³-hybridized carbons (Fsp3) is 0.462. The average Bonchev–Trinajstić information content (AvgIpc) is 2.38. The third-order valence-electron chi connectivity index (χ3n) is 2.93. The zero-order chi connectivity index (χ0) is 13.5. The first kappa shape index (κ1) is 15.0. The molecule has 100 valence electrons. The minimum Gasteiger partial charge on any atom is -0.409 e. The monoisotopic (exact) mass is 313 g/mol. The zero-order valence-corrected chi connectivity index (χ0v) is 12.3. The van der Waals surface area contributed by atoms with E-state index in [0.29, 0.717) is 6.42 Å². The van der Waals surface area contributed by atoms with E-state index >= 15 is 0 Å². The first-order valence-corrected chi connectivity index (χ1v) is 6.84. The van der Waals surface area contributed by atoms with Crippen LogP contribution in [0.15, 0.2) is 33.9 Å². The van der Waals surface area contributed by atoms with Crippen LogP contribution in [0.3, 0.4) is 0 Å². The van der Waals surface area contributed by atoms with Gasteiger partial charge in [-0.3, -0.25) is 0 Å². The molecule has 1 aromatic rings. The maximum absolute atomic E-state index is 8.60. The summed E-state index contributed by atoms with van der Waals surface area (Å²) in [6.45, 7) is 4.18. The summed E-state index contributed by atoms with van der Waals surface area (Å²) in [5.41, 5.74) is 6.75. The molecule has 4 nitrogen and oxygen atoms in total. The lowest BCUT2D eigenvalue weighted by Gasteiger charge is -2.23. The molecule has 0 amide bonds. The number of nitrogens with one attached hydrogen (secondary N) is 1. The second-order valence-corrected chi connectivity index (χ2v) is 5.16. The van der Waals surface area contributed by atoms with Gasteiger partial charge in [0.05, 0.1) is 0 Å². The number of nitrogens with two attached hydrogens (primary N) is 1. The lowest BCUT2D eigenvalue weighted by molar-refractivity contribution is 0.314. The summed E-state index contributed by atoms with van der Waals surface area (Å²) in [5, 5.41) is 15.1. The molecule has 0 saturated carbocycles. The van der Waals surface area contributed by atoms with Crippen molar-refractivity contribution in [1.82, 2.24) is 5.32 Å². The molecule has 0 aliphatic carbocycles. The number of amidine groups is 1. The highest BCUT2D eigenvalue weighted by molar-refractivity contribution is 9.10. The highest BCUT2D eigenvalue weighted by atomic mass is 79.9. The van der Waals surface area contributed by atoms with E-state index in [9.17, 15) is 0 Å². The number of hydrogen-bond acceptors (Lipinski definition) is 3. The number of oxime groups is 1. The van der Waals surface area contributed by atoms with Gasteiger partial charge in [-0.25, -0.2) is 0 Å². The van der Waals surface area contributed by atoms with E-state index in [1.54, 1.807) is 0 Å². The normalized spacial score (nSPS) is 15.4. The van der Waals surface area contributed by atoms with Gasteiger partial charge in [-0.1, -0.05) is 46.2 Å². The van der Waals surface area contributed by atoms with Crippen LogP contribution in [0.5, 0.6) is 0 Å². The lowest BCUT2D eigenvalue weighted by atomic mass is 10.0. The Morgan fingerprint density at radius 1 is 1.50 bits per heavy atom. The van der Waals surface area contributed by atoms with Crippen LogP contribution in [-0.2, 0) is 0 Å². The van der Waals surface area contributed by atoms with E-state index in [-0.39, 0.29) is 17.9 Å². The summed E-state index contributed by atoms with van der Waals surface area (Å²) >= 11 is 3.54. The standard InChI is InChI=1S/C13H20BrN3O/c1-3-10(8-13(15)17-18)16-9(2)11-6-4-5-7-12(11)14/h4-7,9-10,16,18H,3,8H2,1-2H3,(H2,15,17)/t9-,10?/m1/s1. The van der Waals surface area contributed by atoms with Gasteiger partial charge in [0.2, 0.25) is 0 Å². The van der Waals surface area contributed by atoms with E-state index in [1.165, 1.54) is 5.56 Å². The third-order valence-corrected chi connectivity index (χ3v) is 3.66. The van der Waals surface area contributed by atoms with E-state index in [0.717, 1.165) is 10.9 Å². The fourth-order valence-corrected chi connectivity index (χ4v) is 2.51. The van der Waals surface area contributed by atoms with Crippen LogP contribution in [0.2, 0.25) is 0 Å². The van der Waals surface area contributed by atoms with Crippen LogP contribution in [0, 0.1) is 0 Å². The van der Waals surface area contributed by atoms with Gasteiger partial charge >= 0.3 is 0 Å². The zero-order valence-electron chi connectivity index (χ0n) is 10.7. The Morgan fingerprint density at radius 3 is 2.72 bits per heavy atom. The molecule has 1 aromatic carbocycles. The van der Waals surface area contributed by atoms with Crippen molar-refractivity contribution in [2.24, 2.45) is 10.9 Å². The maximum Gasteiger partial charge on any atom is 0.140 e. The van der Waals surface area contributed by atoms with Gasteiger partial charge in [0.1, 0.15) is 5.84 Å². The Hall–Kier alpha value is -1.07. The van der Waals surface area contributed by atoms with Crippen LogP contribution >= 0.6 is 15.9 Å². The van der Waals surface area contributed by atoms with Gasteiger partial charge in [-0.2, -0.15) is 0 Å². The molecule has 0 saturated heterocycles. The summed E-state index contributed by atoms with van der Waals surface area (Å²) in [6.07, 6.45) is 1.47. The summed E-state index contributed by atoms with van der Waals surface area (Å²) < 4.78 is 1.09. The second kappa shape index (κ2) is 7.38. The van der Waals surface area contributed by atoms with Crippen LogP contribution in [0.1, 0.15) is 38.3 Å². The molecular formula is C13H20BrN3O. The molecule has 0 aliphatic heterocycles. The largest absolute Gasteiger partial charge is 0.409 e. The minimum atomic E-state index is 0.197. The quantitative estimate of drug-likeness (QED) is 0.327. The minimum absolute atomic E-state index is 0.197. The molecule has 4 N–H and O–H groups in total. The van der Waals surface area contributed by atoms with Gasteiger partial charge in [0, 0.05) is 23.0 Å². The SMILES string of the molecule is CCC(C/C(N)=N/O)N[C@H](C)c1ccccc1Br. The molecule has 0 radical (unpaired) electrons. The molecule has 18 heavy (non-hydrogen) atoms. The molecule has 0 heterocycles. The fourth-order valence-electron chi connectivity index (χ4n) is 1.88. The highest BCUT2D eigenvalue weighted by Gasteiger charge is 2.14. The number of hydrogen-bond donors (Lipinski definition) is 3. The van der Waals surface area contributed by atoms with E-state index in [1.807, 2.05) is 18.2 Å². The molecule has 1 rings (SSSR count). The Balaban J connectivity index is 2.68. The van der Waals surface area contributed by atoms with Crippen LogP contribution in [0.25, 0.3) is 0 Å². The van der Waals surface area contributed by atoms with E-state index in [4.69, 9.17) is 10.9 Å². The molecular weight excluding hydrogens is 294 g/mol. The summed E-state index contributed by atoms with van der Waals surface area (Å²) in [4.78, 5) is 0. The van der Waals surface area contributed by atoms with Crippen LogP contribution < -0.4 is 11.1 Å². The number of nitrogens with zero attached hydrogens (tertiary/aromatic N) is 1. The second-order valence-electron chi connectivity index (χ2n) is 4.31.